The number of benzene rings is 2. The van der Waals surface area contributed by atoms with E-state index in [2.05, 4.69) is 20.8 Å². The Hall–Kier alpha value is -2.84. The average molecular weight is 458 g/mol. The highest BCUT2D eigenvalue weighted by atomic mass is 35.5. The Balaban J connectivity index is 1.55. The minimum Gasteiger partial charge on any atom is -0.346 e. The first-order valence-electron chi connectivity index (χ1n) is 9.83. The number of aryl methyl sites for hydroxylation is 2. The maximum Gasteiger partial charge on any atom is 0.243 e. The first kappa shape index (κ1) is 22.8. The molecule has 0 atom stereocenters. The van der Waals surface area contributed by atoms with Crippen LogP contribution in [-0.2, 0) is 16.1 Å². The lowest BCUT2D eigenvalue weighted by Gasteiger charge is -2.12. The highest BCUT2D eigenvalue weighted by Crippen LogP contribution is 2.25. The van der Waals surface area contributed by atoms with Gasteiger partial charge in [-0.25, -0.2) is 0 Å². The summed E-state index contributed by atoms with van der Waals surface area (Å²) in [5.41, 5.74) is 3.59. The van der Waals surface area contributed by atoms with Gasteiger partial charge in [-0.05, 0) is 44.0 Å². The summed E-state index contributed by atoms with van der Waals surface area (Å²) in [6, 6.07) is 13.2. The summed E-state index contributed by atoms with van der Waals surface area (Å²) in [5, 5.41) is 15.2. The number of anilines is 1. The number of halogens is 1. The molecule has 0 unspecified atom stereocenters. The molecular weight excluding hydrogens is 434 g/mol. The van der Waals surface area contributed by atoms with E-state index in [0.717, 1.165) is 22.4 Å². The fourth-order valence-corrected chi connectivity index (χ4v) is 4.10. The fraction of sp³-hybridized carbons (Fsp3) is 0.273. The fourth-order valence-electron chi connectivity index (χ4n) is 3.08. The van der Waals surface area contributed by atoms with Crippen LogP contribution in [0.4, 0.5) is 5.69 Å². The summed E-state index contributed by atoms with van der Waals surface area (Å²) in [4.78, 5) is 24.5. The topological polar surface area (TPSA) is 88.9 Å². The third-order valence-corrected chi connectivity index (χ3v) is 5.84. The molecule has 162 valence electrons. The lowest BCUT2D eigenvalue weighted by molar-refractivity contribution is -0.122. The van der Waals surface area contributed by atoms with Crippen molar-refractivity contribution in [1.82, 2.24) is 20.1 Å². The Morgan fingerprint density at radius 2 is 1.77 bits per heavy atom. The molecule has 1 heterocycles. The number of rotatable bonds is 8. The second-order valence-corrected chi connectivity index (χ2v) is 8.32. The number of nitrogens with one attached hydrogen (secondary N) is 2. The number of thioether (sulfide) groups is 1. The van der Waals surface area contributed by atoms with E-state index in [4.69, 9.17) is 11.6 Å². The highest BCUT2D eigenvalue weighted by Gasteiger charge is 2.15. The van der Waals surface area contributed by atoms with Crippen LogP contribution >= 0.6 is 23.4 Å². The molecule has 1 aromatic heterocycles. The second-order valence-electron chi connectivity index (χ2n) is 6.94. The van der Waals surface area contributed by atoms with Gasteiger partial charge in [0.15, 0.2) is 11.0 Å². The minimum atomic E-state index is -0.268. The van der Waals surface area contributed by atoms with Crippen LogP contribution in [0, 0.1) is 13.8 Å². The van der Waals surface area contributed by atoms with Gasteiger partial charge in [0, 0.05) is 22.8 Å². The first-order chi connectivity index (χ1) is 14.9. The number of carbonyl (C=O) groups excluding carboxylic acids is 2. The number of nitrogens with zero attached hydrogens (tertiary/aromatic N) is 3. The SMILES string of the molecule is CCn1c(SCC(=O)NCC(=O)Nc2c(C)cccc2C)nnc1-c1cccc(Cl)c1. The standard InChI is InChI=1S/C22H24ClN5O2S/c1-4-28-21(16-9-6-10-17(23)11-16)26-27-22(28)31-13-19(30)24-12-18(29)25-20-14(2)7-5-8-15(20)3/h5-11H,4,12-13H2,1-3H3,(H,24,30)(H,25,29). The zero-order valence-corrected chi connectivity index (χ0v) is 19.2. The van der Waals surface area contributed by atoms with Gasteiger partial charge >= 0.3 is 0 Å². The van der Waals surface area contributed by atoms with E-state index < -0.39 is 0 Å². The third-order valence-electron chi connectivity index (χ3n) is 4.64. The number of carbonyl (C=O) groups is 2. The summed E-state index contributed by atoms with van der Waals surface area (Å²) < 4.78 is 1.93. The van der Waals surface area contributed by atoms with Gasteiger partial charge in [0.2, 0.25) is 11.8 Å². The zero-order chi connectivity index (χ0) is 22.4. The summed E-state index contributed by atoms with van der Waals surface area (Å²) in [7, 11) is 0. The molecule has 31 heavy (non-hydrogen) atoms. The second kappa shape index (κ2) is 10.5. The molecule has 2 N–H and O–H groups in total. The van der Waals surface area contributed by atoms with Crippen LogP contribution < -0.4 is 10.6 Å². The van der Waals surface area contributed by atoms with Crippen molar-refractivity contribution in [2.45, 2.75) is 32.5 Å². The minimum absolute atomic E-state index is 0.0958. The van der Waals surface area contributed by atoms with Crippen LogP contribution in [0.25, 0.3) is 11.4 Å². The molecule has 0 radical (unpaired) electrons. The lowest BCUT2D eigenvalue weighted by atomic mass is 10.1. The Morgan fingerprint density at radius 1 is 1.06 bits per heavy atom. The van der Waals surface area contributed by atoms with E-state index in [1.807, 2.05) is 61.7 Å². The smallest absolute Gasteiger partial charge is 0.243 e. The maximum absolute atomic E-state index is 12.2. The van der Waals surface area contributed by atoms with E-state index >= 15 is 0 Å². The zero-order valence-electron chi connectivity index (χ0n) is 17.6. The van der Waals surface area contributed by atoms with Crippen LogP contribution in [0.15, 0.2) is 47.6 Å². The van der Waals surface area contributed by atoms with Crippen molar-refractivity contribution in [2.24, 2.45) is 0 Å². The van der Waals surface area contributed by atoms with E-state index in [1.54, 1.807) is 6.07 Å². The molecule has 7 nitrogen and oxygen atoms in total. The molecule has 0 aliphatic rings. The molecule has 0 aliphatic carbocycles. The van der Waals surface area contributed by atoms with Gasteiger partial charge in [-0.3, -0.25) is 9.59 Å². The summed E-state index contributed by atoms with van der Waals surface area (Å²) in [6.07, 6.45) is 0. The third kappa shape index (κ3) is 5.86. The molecule has 2 amide bonds. The predicted molar refractivity (Wildman–Crippen MR) is 124 cm³/mol. The molecule has 9 heteroatoms. The van der Waals surface area contributed by atoms with Crippen LogP contribution in [0.5, 0.6) is 0 Å². The normalized spacial score (nSPS) is 10.7. The van der Waals surface area contributed by atoms with Gasteiger partial charge < -0.3 is 15.2 Å². The van der Waals surface area contributed by atoms with Gasteiger partial charge in [-0.1, -0.05) is 53.7 Å². The summed E-state index contributed by atoms with van der Waals surface area (Å²) in [6.45, 7) is 6.40. The molecule has 2 aromatic carbocycles. The lowest BCUT2D eigenvalue weighted by Crippen LogP contribution is -2.34. The Kier molecular flexibility index (Phi) is 7.70. The Morgan fingerprint density at radius 3 is 2.45 bits per heavy atom. The van der Waals surface area contributed by atoms with Gasteiger partial charge in [0.25, 0.3) is 0 Å². The summed E-state index contributed by atoms with van der Waals surface area (Å²) in [5.74, 6) is 0.304. The number of hydrogen-bond donors (Lipinski definition) is 2. The molecule has 3 aromatic rings. The average Bonchev–Trinajstić information content (AvgIpc) is 3.16. The van der Waals surface area contributed by atoms with Crippen molar-refractivity contribution in [2.75, 3.05) is 17.6 Å². The van der Waals surface area contributed by atoms with Crippen molar-refractivity contribution in [3.8, 4) is 11.4 Å². The maximum atomic E-state index is 12.2. The molecule has 3 rings (SSSR count). The largest absolute Gasteiger partial charge is 0.346 e. The highest BCUT2D eigenvalue weighted by molar-refractivity contribution is 7.99. The molecule has 0 spiro atoms. The van der Waals surface area contributed by atoms with E-state index in [0.29, 0.717) is 22.5 Å². The van der Waals surface area contributed by atoms with Crippen LogP contribution in [0.3, 0.4) is 0 Å². The molecule has 0 saturated heterocycles. The molecule has 0 aliphatic heterocycles. The Labute approximate surface area is 190 Å². The molecule has 0 bridgehead atoms. The van der Waals surface area contributed by atoms with E-state index in [-0.39, 0.29) is 24.1 Å². The number of amides is 2. The predicted octanol–water partition coefficient (Wildman–Crippen LogP) is 4.08. The molecular formula is C22H24ClN5O2S. The molecule has 0 saturated carbocycles. The van der Waals surface area contributed by atoms with Crippen molar-refractivity contribution in [3.05, 3.63) is 58.6 Å². The quantitative estimate of drug-likeness (QED) is 0.497. The van der Waals surface area contributed by atoms with Gasteiger partial charge in [0.05, 0.1) is 12.3 Å². The number of hydrogen-bond acceptors (Lipinski definition) is 5. The Bertz CT molecular complexity index is 1080. The van der Waals surface area contributed by atoms with Gasteiger partial charge in [-0.2, -0.15) is 0 Å². The van der Waals surface area contributed by atoms with E-state index in [1.165, 1.54) is 11.8 Å². The van der Waals surface area contributed by atoms with Crippen molar-refractivity contribution < 1.29 is 9.59 Å². The van der Waals surface area contributed by atoms with Crippen LogP contribution in [0.2, 0.25) is 5.02 Å². The van der Waals surface area contributed by atoms with Crippen LogP contribution in [0.1, 0.15) is 18.1 Å². The summed E-state index contributed by atoms with van der Waals surface area (Å²) >= 11 is 7.35. The van der Waals surface area contributed by atoms with Crippen LogP contribution in [-0.4, -0.2) is 38.9 Å². The van der Waals surface area contributed by atoms with Crippen molar-refractivity contribution in [1.29, 1.82) is 0 Å². The number of aromatic nitrogens is 3. The van der Waals surface area contributed by atoms with Gasteiger partial charge in [-0.15, -0.1) is 10.2 Å². The van der Waals surface area contributed by atoms with Gasteiger partial charge in [0.1, 0.15) is 0 Å². The van der Waals surface area contributed by atoms with Crippen molar-refractivity contribution in [3.63, 3.8) is 0 Å². The first-order valence-corrected chi connectivity index (χ1v) is 11.2. The molecule has 0 fully saturated rings. The monoisotopic (exact) mass is 457 g/mol. The van der Waals surface area contributed by atoms with E-state index in [9.17, 15) is 9.59 Å². The number of para-hydroxylation sites is 1. The van der Waals surface area contributed by atoms with Crippen molar-refractivity contribution >= 4 is 40.9 Å².